The van der Waals surface area contributed by atoms with Gasteiger partial charge < -0.3 is 0 Å². The van der Waals surface area contributed by atoms with E-state index in [2.05, 4.69) is 48.5 Å². The van der Waals surface area contributed by atoms with E-state index in [1.165, 1.54) is 11.1 Å². The summed E-state index contributed by atoms with van der Waals surface area (Å²) in [5, 5.41) is 0. The molecule has 1 amide bonds. The Bertz CT molecular complexity index is 931. The first-order chi connectivity index (χ1) is 11.3. The summed E-state index contributed by atoms with van der Waals surface area (Å²) in [7, 11) is 0. The summed E-state index contributed by atoms with van der Waals surface area (Å²) >= 11 is 0. The summed E-state index contributed by atoms with van der Waals surface area (Å²) < 4.78 is 0. The molecule has 0 radical (unpaired) electrons. The second-order valence-electron chi connectivity index (χ2n) is 6.22. The van der Waals surface area contributed by atoms with Gasteiger partial charge in [-0.3, -0.25) is 9.69 Å². The van der Waals surface area contributed by atoms with Crippen molar-refractivity contribution in [3.05, 3.63) is 101 Å². The molecule has 23 heavy (non-hydrogen) atoms. The zero-order valence-electron chi connectivity index (χ0n) is 12.6. The highest BCUT2D eigenvalue weighted by molar-refractivity contribution is 6.14. The van der Waals surface area contributed by atoms with Gasteiger partial charge in [0.1, 0.15) is 5.54 Å². The van der Waals surface area contributed by atoms with E-state index in [9.17, 15) is 4.79 Å². The van der Waals surface area contributed by atoms with Gasteiger partial charge in [-0.25, -0.2) is 0 Å². The number of nitrogens with zero attached hydrogens (tertiary/aromatic N) is 1. The highest BCUT2D eigenvalue weighted by Crippen LogP contribution is 2.54. The van der Waals surface area contributed by atoms with Gasteiger partial charge in [0.25, 0.3) is 5.91 Å². The lowest BCUT2D eigenvalue weighted by Crippen LogP contribution is -2.42. The van der Waals surface area contributed by atoms with Crippen molar-refractivity contribution >= 4 is 11.6 Å². The fourth-order valence-corrected chi connectivity index (χ4v) is 4.19. The third kappa shape index (κ3) is 1.45. The number of anilines is 1. The first kappa shape index (κ1) is 12.7. The zero-order valence-corrected chi connectivity index (χ0v) is 12.6. The maximum atomic E-state index is 13.1. The monoisotopic (exact) mass is 297 g/mol. The lowest BCUT2D eigenvalue weighted by atomic mass is 9.80. The molecule has 110 valence electrons. The van der Waals surface area contributed by atoms with Crippen LogP contribution in [0.1, 0.15) is 27.0 Å². The van der Waals surface area contributed by atoms with E-state index < -0.39 is 5.54 Å². The lowest BCUT2D eigenvalue weighted by Gasteiger charge is -2.34. The van der Waals surface area contributed by atoms with Crippen LogP contribution in [0, 0.1) is 0 Å². The van der Waals surface area contributed by atoms with Gasteiger partial charge in [-0.15, -0.1) is 0 Å². The molecule has 2 aliphatic heterocycles. The summed E-state index contributed by atoms with van der Waals surface area (Å²) in [4.78, 5) is 15.1. The van der Waals surface area contributed by atoms with Crippen molar-refractivity contribution in [2.75, 3.05) is 4.90 Å². The highest BCUT2D eigenvalue weighted by atomic mass is 16.2. The number of carbonyl (C=O) groups excluding carboxylic acids is 1. The molecule has 2 heterocycles. The first-order valence-electron chi connectivity index (χ1n) is 7.90. The van der Waals surface area contributed by atoms with Gasteiger partial charge in [0.2, 0.25) is 0 Å². The van der Waals surface area contributed by atoms with E-state index in [1.807, 2.05) is 35.2 Å². The maximum Gasteiger partial charge on any atom is 0.259 e. The molecule has 2 aliphatic rings. The standard InChI is InChI=1S/C21H15NO/c23-20-17-11-5-6-12-18(17)21(16-9-2-1-3-10-16)14-15-8-4-7-13-19(15)22(20)21/h1-13H,14H2/t21-/m1/s1. The summed E-state index contributed by atoms with van der Waals surface area (Å²) in [6.45, 7) is 0. The van der Waals surface area contributed by atoms with Crippen LogP contribution in [-0.4, -0.2) is 5.91 Å². The average Bonchev–Trinajstić information content (AvgIpc) is 3.09. The first-order valence-corrected chi connectivity index (χ1v) is 7.90. The van der Waals surface area contributed by atoms with Crippen LogP contribution in [0.15, 0.2) is 78.9 Å². The topological polar surface area (TPSA) is 20.3 Å². The van der Waals surface area contributed by atoms with Crippen LogP contribution in [-0.2, 0) is 12.0 Å². The minimum atomic E-state index is -0.404. The van der Waals surface area contributed by atoms with E-state index in [4.69, 9.17) is 0 Å². The number of para-hydroxylation sites is 1. The predicted octanol–water partition coefficient (Wildman–Crippen LogP) is 4.15. The molecular weight excluding hydrogens is 282 g/mol. The molecular formula is C21H15NO. The van der Waals surface area contributed by atoms with Crippen LogP contribution >= 0.6 is 0 Å². The van der Waals surface area contributed by atoms with Crippen molar-refractivity contribution < 1.29 is 4.79 Å². The van der Waals surface area contributed by atoms with Crippen molar-refractivity contribution in [1.82, 2.24) is 0 Å². The van der Waals surface area contributed by atoms with Gasteiger partial charge in [0.15, 0.2) is 0 Å². The summed E-state index contributed by atoms with van der Waals surface area (Å²) in [6.07, 6.45) is 0.829. The second kappa shape index (κ2) is 4.32. The van der Waals surface area contributed by atoms with Gasteiger partial charge in [-0.2, -0.15) is 0 Å². The van der Waals surface area contributed by atoms with Crippen LogP contribution < -0.4 is 4.90 Å². The van der Waals surface area contributed by atoms with Crippen molar-refractivity contribution in [1.29, 1.82) is 0 Å². The number of hydrogen-bond donors (Lipinski definition) is 0. The SMILES string of the molecule is O=C1c2ccccc2[C@]2(c3ccccc3)Cc3ccccc3N12. The molecule has 0 saturated carbocycles. The number of fused-ring (bicyclic) bond motifs is 5. The Morgan fingerprint density at radius 2 is 1.48 bits per heavy atom. The van der Waals surface area contributed by atoms with Crippen LogP contribution in [0.3, 0.4) is 0 Å². The molecule has 2 heteroatoms. The van der Waals surface area contributed by atoms with E-state index in [0.29, 0.717) is 0 Å². The molecule has 0 spiro atoms. The third-order valence-electron chi connectivity index (χ3n) is 5.12. The Morgan fingerprint density at radius 3 is 2.35 bits per heavy atom. The molecule has 0 saturated heterocycles. The van der Waals surface area contributed by atoms with Crippen LogP contribution in [0.5, 0.6) is 0 Å². The minimum Gasteiger partial charge on any atom is -0.293 e. The van der Waals surface area contributed by atoms with Gasteiger partial charge in [0, 0.05) is 17.7 Å². The molecule has 0 bridgehead atoms. The Hall–Kier alpha value is -2.87. The Kier molecular flexibility index (Phi) is 2.38. The quantitative estimate of drug-likeness (QED) is 0.661. The van der Waals surface area contributed by atoms with E-state index in [-0.39, 0.29) is 5.91 Å². The van der Waals surface area contributed by atoms with Gasteiger partial charge >= 0.3 is 0 Å². The number of hydrogen-bond acceptors (Lipinski definition) is 1. The fraction of sp³-hybridized carbons (Fsp3) is 0.0952. The summed E-state index contributed by atoms with van der Waals surface area (Å²) in [5.74, 6) is 0.106. The molecule has 3 aromatic carbocycles. The van der Waals surface area contributed by atoms with Crippen molar-refractivity contribution in [3.63, 3.8) is 0 Å². The molecule has 0 aromatic heterocycles. The molecule has 1 atom stereocenters. The third-order valence-corrected chi connectivity index (χ3v) is 5.12. The lowest BCUT2D eigenvalue weighted by molar-refractivity contribution is 0.0986. The Morgan fingerprint density at radius 1 is 0.783 bits per heavy atom. The average molecular weight is 297 g/mol. The largest absolute Gasteiger partial charge is 0.293 e. The highest BCUT2D eigenvalue weighted by Gasteiger charge is 2.55. The molecule has 0 N–H and O–H groups in total. The van der Waals surface area contributed by atoms with Crippen LogP contribution in [0.2, 0.25) is 0 Å². The molecule has 3 aromatic rings. The van der Waals surface area contributed by atoms with Gasteiger partial charge in [-0.1, -0.05) is 66.7 Å². The maximum absolute atomic E-state index is 13.1. The molecule has 0 unspecified atom stereocenters. The van der Waals surface area contributed by atoms with Crippen LogP contribution in [0.25, 0.3) is 0 Å². The Labute approximate surface area is 135 Å². The molecule has 5 rings (SSSR count). The Balaban J connectivity index is 1.87. The van der Waals surface area contributed by atoms with Crippen molar-refractivity contribution in [3.8, 4) is 0 Å². The molecule has 0 aliphatic carbocycles. The van der Waals surface area contributed by atoms with Crippen LogP contribution in [0.4, 0.5) is 5.69 Å². The van der Waals surface area contributed by atoms with E-state index in [1.54, 1.807) is 0 Å². The predicted molar refractivity (Wildman–Crippen MR) is 90.6 cm³/mol. The normalized spacial score (nSPS) is 21.0. The van der Waals surface area contributed by atoms with E-state index in [0.717, 1.165) is 23.2 Å². The minimum absolute atomic E-state index is 0.106. The smallest absolute Gasteiger partial charge is 0.259 e. The number of benzene rings is 3. The molecule has 0 fully saturated rings. The number of carbonyl (C=O) groups is 1. The fourth-order valence-electron chi connectivity index (χ4n) is 4.19. The summed E-state index contributed by atoms with van der Waals surface area (Å²) in [6, 6.07) is 26.7. The van der Waals surface area contributed by atoms with Crippen molar-refractivity contribution in [2.24, 2.45) is 0 Å². The summed E-state index contributed by atoms with van der Waals surface area (Å²) in [5.41, 5.74) is 4.99. The molecule has 2 nitrogen and oxygen atoms in total. The van der Waals surface area contributed by atoms with Crippen molar-refractivity contribution in [2.45, 2.75) is 12.0 Å². The number of rotatable bonds is 1. The zero-order chi connectivity index (χ0) is 15.4. The number of amides is 1. The van der Waals surface area contributed by atoms with E-state index >= 15 is 0 Å². The van der Waals surface area contributed by atoms with Gasteiger partial charge in [0.05, 0.1) is 0 Å². The van der Waals surface area contributed by atoms with Gasteiger partial charge in [-0.05, 0) is 28.8 Å². The second-order valence-corrected chi connectivity index (χ2v) is 6.22.